The number of nitrogens with zero attached hydrogens (tertiary/aromatic N) is 1. The summed E-state index contributed by atoms with van der Waals surface area (Å²) in [7, 11) is 0. The van der Waals surface area contributed by atoms with Crippen LogP contribution in [0.3, 0.4) is 0 Å². The molecule has 1 amide bonds. The summed E-state index contributed by atoms with van der Waals surface area (Å²) in [5.41, 5.74) is -0.493. The molecule has 3 atom stereocenters. The molecule has 96 valence electrons. The molecule has 0 aromatic rings. The number of hydrogen-bond donors (Lipinski definition) is 1. The normalized spacial score (nSPS) is 31.7. The Morgan fingerprint density at radius 3 is 2.12 bits per heavy atom. The third-order valence-electron chi connectivity index (χ3n) is 3.40. The van der Waals surface area contributed by atoms with E-state index in [0.29, 0.717) is 12.8 Å². The Balaban J connectivity index is 1.95. The minimum Gasteiger partial charge on any atom is -0.481 e. The van der Waals surface area contributed by atoms with Gasteiger partial charge in [0.25, 0.3) is 0 Å². The maximum Gasteiger partial charge on any atom is 0.410 e. The van der Waals surface area contributed by atoms with E-state index in [2.05, 4.69) is 0 Å². The zero-order chi connectivity index (χ0) is 12.8. The highest BCUT2D eigenvalue weighted by molar-refractivity contribution is 5.73. The lowest BCUT2D eigenvalue weighted by atomic mass is 9.74. The molecule has 2 aliphatic heterocycles. The summed E-state index contributed by atoms with van der Waals surface area (Å²) in [6.07, 6.45) is 1.74. The second-order valence-electron chi connectivity index (χ2n) is 5.94. The molecule has 5 heteroatoms. The number of carbonyl (C=O) groups is 2. The van der Waals surface area contributed by atoms with E-state index >= 15 is 0 Å². The number of carbonyl (C=O) groups excluding carboxylic acids is 1. The molecule has 5 nitrogen and oxygen atoms in total. The Bertz CT molecular complexity index is 335. The van der Waals surface area contributed by atoms with Crippen LogP contribution in [0.4, 0.5) is 4.79 Å². The van der Waals surface area contributed by atoms with Gasteiger partial charge in [-0.15, -0.1) is 0 Å². The summed E-state index contributed by atoms with van der Waals surface area (Å²) >= 11 is 0. The van der Waals surface area contributed by atoms with E-state index in [-0.39, 0.29) is 24.1 Å². The van der Waals surface area contributed by atoms with Gasteiger partial charge in [0.15, 0.2) is 0 Å². The van der Waals surface area contributed by atoms with E-state index in [1.165, 1.54) is 0 Å². The quantitative estimate of drug-likeness (QED) is 0.761. The van der Waals surface area contributed by atoms with Crippen LogP contribution in [0.1, 0.15) is 40.0 Å². The average molecular weight is 241 g/mol. The van der Waals surface area contributed by atoms with Crippen LogP contribution < -0.4 is 0 Å². The predicted molar refractivity (Wildman–Crippen MR) is 60.6 cm³/mol. The molecule has 2 heterocycles. The monoisotopic (exact) mass is 241 g/mol. The van der Waals surface area contributed by atoms with Crippen LogP contribution in [0.15, 0.2) is 0 Å². The number of hydrogen-bond acceptors (Lipinski definition) is 3. The summed E-state index contributed by atoms with van der Waals surface area (Å²) in [5, 5.41) is 8.95. The highest BCUT2D eigenvalue weighted by Crippen LogP contribution is 2.42. The van der Waals surface area contributed by atoms with Gasteiger partial charge in [-0.05, 0) is 40.0 Å². The molecule has 2 bridgehead atoms. The fourth-order valence-corrected chi connectivity index (χ4v) is 2.69. The second kappa shape index (κ2) is 3.89. The van der Waals surface area contributed by atoms with E-state index < -0.39 is 11.6 Å². The van der Waals surface area contributed by atoms with E-state index in [0.717, 1.165) is 6.42 Å². The van der Waals surface area contributed by atoms with Gasteiger partial charge in [-0.1, -0.05) is 0 Å². The van der Waals surface area contributed by atoms with Crippen molar-refractivity contribution < 1.29 is 19.4 Å². The smallest absolute Gasteiger partial charge is 0.410 e. The van der Waals surface area contributed by atoms with E-state index in [4.69, 9.17) is 9.84 Å². The standard InChI is InChI=1S/C12H19NO4/c1-12(2,3)17-11(16)13-8-4-7(10(14)15)5-9(13)6-8/h7-9H,4-6H2,1-3H3,(H,14,15)/t7?,8-,9+. The second-order valence-corrected chi connectivity index (χ2v) is 5.94. The SMILES string of the molecule is CC(C)(C)OC(=O)N1[C@@H]2CC(C(=O)O)C[C@H]1C2. The van der Waals surface area contributed by atoms with Crippen molar-refractivity contribution in [2.45, 2.75) is 57.7 Å². The first-order valence-corrected chi connectivity index (χ1v) is 6.02. The van der Waals surface area contributed by atoms with Crippen molar-refractivity contribution in [2.24, 2.45) is 5.92 Å². The van der Waals surface area contributed by atoms with Crippen LogP contribution in [0, 0.1) is 5.92 Å². The molecule has 0 spiro atoms. The highest BCUT2D eigenvalue weighted by atomic mass is 16.6. The third-order valence-corrected chi connectivity index (χ3v) is 3.40. The first-order valence-electron chi connectivity index (χ1n) is 6.02. The van der Waals surface area contributed by atoms with Crippen molar-refractivity contribution >= 4 is 12.1 Å². The van der Waals surface area contributed by atoms with Gasteiger partial charge in [-0.2, -0.15) is 0 Å². The molecule has 1 aliphatic carbocycles. The number of ether oxygens (including phenoxy) is 1. The third kappa shape index (κ3) is 2.37. The maximum atomic E-state index is 11.9. The summed E-state index contributed by atoms with van der Waals surface area (Å²) < 4.78 is 5.31. The fraction of sp³-hybridized carbons (Fsp3) is 0.833. The molecule has 0 aromatic heterocycles. The molecular formula is C12H19NO4. The lowest BCUT2D eigenvalue weighted by Gasteiger charge is -2.54. The van der Waals surface area contributed by atoms with Gasteiger partial charge < -0.3 is 14.7 Å². The zero-order valence-corrected chi connectivity index (χ0v) is 10.5. The minimum absolute atomic E-state index is 0.0599. The maximum absolute atomic E-state index is 11.9. The van der Waals surface area contributed by atoms with Crippen LogP contribution in [0.5, 0.6) is 0 Å². The number of aliphatic carboxylic acids is 1. The molecule has 1 N–H and O–H groups in total. The van der Waals surface area contributed by atoms with Crippen molar-refractivity contribution in [3.05, 3.63) is 0 Å². The van der Waals surface area contributed by atoms with Crippen molar-refractivity contribution in [3.63, 3.8) is 0 Å². The molecule has 1 saturated carbocycles. The minimum atomic E-state index is -0.747. The molecule has 1 unspecified atom stereocenters. The molecule has 0 aromatic carbocycles. The van der Waals surface area contributed by atoms with Crippen LogP contribution >= 0.6 is 0 Å². The molecule has 3 aliphatic rings. The summed E-state index contributed by atoms with van der Waals surface area (Å²) in [6, 6.07) is 0.120. The Hall–Kier alpha value is -1.26. The van der Waals surface area contributed by atoms with E-state index in [9.17, 15) is 9.59 Å². The Kier molecular flexibility index (Phi) is 2.79. The number of carboxylic acid groups (broad SMARTS) is 1. The fourth-order valence-electron chi connectivity index (χ4n) is 2.69. The number of piperidine rings is 1. The van der Waals surface area contributed by atoms with Crippen molar-refractivity contribution in [2.75, 3.05) is 0 Å². The lowest BCUT2D eigenvalue weighted by molar-refractivity contribution is -0.149. The van der Waals surface area contributed by atoms with E-state index in [1.54, 1.807) is 4.90 Å². The number of fused-ring (bicyclic) bond motifs is 2. The van der Waals surface area contributed by atoms with Crippen LogP contribution in [0.25, 0.3) is 0 Å². The zero-order valence-electron chi connectivity index (χ0n) is 10.5. The van der Waals surface area contributed by atoms with Gasteiger partial charge in [-0.25, -0.2) is 4.79 Å². The summed E-state index contributed by atoms with van der Waals surface area (Å²) in [5.74, 6) is -1.04. The first kappa shape index (κ1) is 12.2. The molecule has 2 saturated heterocycles. The number of rotatable bonds is 1. The van der Waals surface area contributed by atoms with Gasteiger partial charge in [0, 0.05) is 12.1 Å². The van der Waals surface area contributed by atoms with Gasteiger partial charge in [-0.3, -0.25) is 4.79 Å². The lowest BCUT2D eigenvalue weighted by Crippen LogP contribution is -2.64. The number of amides is 1. The van der Waals surface area contributed by atoms with Gasteiger partial charge in [0.1, 0.15) is 5.60 Å². The van der Waals surface area contributed by atoms with Gasteiger partial charge in [0.05, 0.1) is 5.92 Å². The summed E-state index contributed by atoms with van der Waals surface area (Å²) in [4.78, 5) is 24.5. The van der Waals surface area contributed by atoms with Crippen LogP contribution in [-0.2, 0) is 9.53 Å². The Labute approximate surface area is 101 Å². The van der Waals surface area contributed by atoms with Crippen molar-refractivity contribution in [1.29, 1.82) is 0 Å². The van der Waals surface area contributed by atoms with Crippen LogP contribution in [0.2, 0.25) is 0 Å². The first-order chi connectivity index (χ1) is 7.78. The largest absolute Gasteiger partial charge is 0.481 e. The topological polar surface area (TPSA) is 66.8 Å². The van der Waals surface area contributed by atoms with Gasteiger partial charge >= 0.3 is 12.1 Å². The Morgan fingerprint density at radius 1 is 1.18 bits per heavy atom. The molecule has 3 rings (SSSR count). The van der Waals surface area contributed by atoms with E-state index in [1.807, 2.05) is 20.8 Å². The molecule has 17 heavy (non-hydrogen) atoms. The van der Waals surface area contributed by atoms with Crippen molar-refractivity contribution in [3.8, 4) is 0 Å². The highest BCUT2D eigenvalue weighted by Gasteiger charge is 2.50. The molecule has 0 radical (unpaired) electrons. The Morgan fingerprint density at radius 2 is 1.71 bits per heavy atom. The number of carboxylic acids is 1. The van der Waals surface area contributed by atoms with Crippen LogP contribution in [-0.4, -0.2) is 39.8 Å². The van der Waals surface area contributed by atoms with Gasteiger partial charge in [0.2, 0.25) is 0 Å². The summed E-state index contributed by atoms with van der Waals surface area (Å²) in [6.45, 7) is 5.50. The molecule has 3 fully saturated rings. The molecular weight excluding hydrogens is 222 g/mol. The van der Waals surface area contributed by atoms with Crippen molar-refractivity contribution in [1.82, 2.24) is 4.90 Å². The average Bonchev–Trinajstić information content (AvgIpc) is 2.14. The predicted octanol–water partition coefficient (Wildman–Crippen LogP) is 1.86.